The number of aromatic nitrogens is 3. The molecule has 436 valence electrons. The molecule has 15 rings (SSSR count). The van der Waals surface area contributed by atoms with Crippen LogP contribution in [0.4, 0.5) is 17.1 Å². The summed E-state index contributed by atoms with van der Waals surface area (Å²) in [7, 11) is 0. The molecular formula is C86H72N4. The molecule has 12 aromatic carbocycles. The van der Waals surface area contributed by atoms with Gasteiger partial charge in [0.05, 0.1) is 33.1 Å². The van der Waals surface area contributed by atoms with Crippen molar-refractivity contribution in [2.75, 3.05) is 4.90 Å². The monoisotopic (exact) mass is 1160 g/mol. The van der Waals surface area contributed by atoms with E-state index < -0.39 is 0 Å². The van der Waals surface area contributed by atoms with Crippen molar-refractivity contribution in [1.29, 1.82) is 0 Å². The first-order valence-corrected chi connectivity index (χ1v) is 31.5. The van der Waals surface area contributed by atoms with Gasteiger partial charge in [0.1, 0.15) is 0 Å². The molecular weight excluding hydrogens is 1090 g/mol. The Morgan fingerprint density at radius 1 is 0.278 bits per heavy atom. The molecule has 15 aromatic rings. The first-order chi connectivity index (χ1) is 43.7. The van der Waals surface area contributed by atoms with Crippen molar-refractivity contribution in [3.63, 3.8) is 0 Å². The molecule has 0 aliphatic heterocycles. The van der Waals surface area contributed by atoms with Crippen molar-refractivity contribution < 1.29 is 0 Å². The highest BCUT2D eigenvalue weighted by molar-refractivity contribution is 6.12. The summed E-state index contributed by atoms with van der Waals surface area (Å²) in [6.07, 6.45) is 3.81. The molecule has 0 unspecified atom stereocenters. The summed E-state index contributed by atoms with van der Waals surface area (Å²) in [5.41, 5.74) is 24.1. The van der Waals surface area contributed by atoms with Gasteiger partial charge in [-0.05, 0) is 179 Å². The lowest BCUT2D eigenvalue weighted by Crippen LogP contribution is -2.18. The topological polar surface area (TPSA) is 18.0 Å². The van der Waals surface area contributed by atoms with Crippen LogP contribution in [0.3, 0.4) is 0 Å². The molecule has 0 N–H and O–H groups in total. The minimum absolute atomic E-state index is 0.179. The summed E-state index contributed by atoms with van der Waals surface area (Å²) in [6, 6.07) is 102. The summed E-state index contributed by atoms with van der Waals surface area (Å²) in [5, 5.41) is 7.43. The molecule has 0 spiro atoms. The highest BCUT2D eigenvalue weighted by atomic mass is 15.1. The van der Waals surface area contributed by atoms with Gasteiger partial charge < -0.3 is 18.6 Å². The van der Waals surface area contributed by atoms with E-state index in [2.05, 4.69) is 353 Å². The molecule has 90 heavy (non-hydrogen) atoms. The molecule has 0 aliphatic rings. The number of fused-ring (bicyclic) bond motifs is 9. The van der Waals surface area contributed by atoms with Crippen LogP contribution in [0.1, 0.15) is 91.6 Å². The van der Waals surface area contributed by atoms with Crippen molar-refractivity contribution in [3.05, 3.63) is 336 Å². The van der Waals surface area contributed by atoms with E-state index in [1.54, 1.807) is 0 Å². The number of benzene rings is 12. The molecule has 4 nitrogen and oxygen atoms in total. The fourth-order valence-corrected chi connectivity index (χ4v) is 14.2. The molecule has 0 saturated heterocycles. The predicted octanol–water partition coefficient (Wildman–Crippen LogP) is 23.0. The van der Waals surface area contributed by atoms with E-state index >= 15 is 0 Å². The summed E-state index contributed by atoms with van der Waals surface area (Å²) in [5.74, 6) is 0. The lowest BCUT2D eigenvalue weighted by molar-refractivity contribution is 0.641. The van der Waals surface area contributed by atoms with Crippen LogP contribution in [-0.4, -0.2) is 13.7 Å². The van der Waals surface area contributed by atoms with Crippen LogP contribution in [0, 0.1) is 6.92 Å². The molecule has 3 heterocycles. The predicted molar refractivity (Wildman–Crippen MR) is 385 cm³/mol. The first kappa shape index (κ1) is 55.9. The van der Waals surface area contributed by atoms with Crippen LogP contribution in [0.2, 0.25) is 0 Å². The zero-order valence-corrected chi connectivity index (χ0v) is 52.3. The van der Waals surface area contributed by atoms with E-state index in [-0.39, 0.29) is 16.2 Å². The second kappa shape index (κ2) is 21.6. The smallest absolute Gasteiger partial charge is 0.0541 e. The number of anilines is 3. The average Bonchev–Trinajstić information content (AvgIpc) is 1.60. The third-order valence-corrected chi connectivity index (χ3v) is 19.8. The van der Waals surface area contributed by atoms with Crippen molar-refractivity contribution in [1.82, 2.24) is 13.7 Å². The van der Waals surface area contributed by atoms with Crippen LogP contribution >= 0.6 is 0 Å². The molecule has 3 aromatic heterocycles. The largest absolute Gasteiger partial charge is 0.310 e. The Morgan fingerprint density at radius 3 is 0.822 bits per heavy atom. The summed E-state index contributed by atoms with van der Waals surface area (Å²) in [6.45, 7) is 24.1. The Hall–Kier alpha value is -10.7. The third-order valence-electron chi connectivity index (χ3n) is 19.8. The third kappa shape index (κ3) is 9.19. The average molecular weight is 1160 g/mol. The van der Waals surface area contributed by atoms with E-state index in [4.69, 9.17) is 0 Å². The normalized spacial score (nSPS) is 12.3. The van der Waals surface area contributed by atoms with Crippen LogP contribution in [0.25, 0.3) is 94.6 Å². The maximum absolute atomic E-state index is 3.99. The standard InChI is InChI=1S/C86H72N4/c1-10-58-26-32-61(33-27-58)85(6,7)64-37-52-82-76(55-64)73-19-13-16-22-79(73)89(82)70-47-41-67(42-48-70)87(66-39-45-69(46-40-66)88-78-21-15-12-18-72(78)75-54-63(36-51-81(75)88)84(4,5)60-30-24-57(3)25-31-60)68-43-49-71(50-44-68)90-80-23-17-14-20-74(80)77-56-65(38-53-83(77)90)86(8,9)62-34-28-59(11-2)29-35-62/h10-56H,1-2H2,3-9H3. The van der Waals surface area contributed by atoms with Gasteiger partial charge >= 0.3 is 0 Å². The van der Waals surface area contributed by atoms with Gasteiger partial charge in [0.15, 0.2) is 0 Å². The highest BCUT2D eigenvalue weighted by Crippen LogP contribution is 2.44. The van der Waals surface area contributed by atoms with E-state index in [0.29, 0.717) is 0 Å². The summed E-state index contributed by atoms with van der Waals surface area (Å²) < 4.78 is 7.27. The first-order valence-electron chi connectivity index (χ1n) is 31.5. The number of hydrogen-bond acceptors (Lipinski definition) is 1. The van der Waals surface area contributed by atoms with Crippen LogP contribution in [0.5, 0.6) is 0 Å². The molecule has 0 saturated carbocycles. The second-order valence-electron chi connectivity index (χ2n) is 26.0. The molecule has 0 aliphatic carbocycles. The van der Waals surface area contributed by atoms with Gasteiger partial charge in [0.2, 0.25) is 0 Å². The molecule has 0 atom stereocenters. The van der Waals surface area contributed by atoms with Crippen molar-refractivity contribution >= 4 is 94.6 Å². The fourth-order valence-electron chi connectivity index (χ4n) is 14.2. The lowest BCUT2D eigenvalue weighted by Gasteiger charge is -2.27. The van der Waals surface area contributed by atoms with Crippen LogP contribution < -0.4 is 4.90 Å². The number of nitrogens with zero attached hydrogens (tertiary/aromatic N) is 4. The number of aryl methyl sites for hydroxylation is 1. The summed E-state index contributed by atoms with van der Waals surface area (Å²) >= 11 is 0. The number of hydrogen-bond donors (Lipinski definition) is 0. The molecule has 0 amide bonds. The van der Waals surface area contributed by atoms with Gasteiger partial charge in [-0.2, -0.15) is 0 Å². The number of rotatable bonds is 14. The lowest BCUT2D eigenvalue weighted by atomic mass is 9.77. The minimum atomic E-state index is -0.212. The Morgan fingerprint density at radius 2 is 0.533 bits per heavy atom. The van der Waals surface area contributed by atoms with Crippen LogP contribution in [0.15, 0.2) is 286 Å². The minimum Gasteiger partial charge on any atom is -0.310 e. The van der Waals surface area contributed by atoms with E-state index in [1.807, 2.05) is 12.2 Å². The van der Waals surface area contributed by atoms with Gasteiger partial charge in [-0.3, -0.25) is 0 Å². The molecule has 0 radical (unpaired) electrons. The van der Waals surface area contributed by atoms with Gasteiger partial charge in [-0.1, -0.05) is 218 Å². The molecule has 0 bridgehead atoms. The van der Waals surface area contributed by atoms with E-state index in [0.717, 1.165) is 45.3 Å². The summed E-state index contributed by atoms with van der Waals surface area (Å²) in [4.78, 5) is 2.40. The fraction of sp³-hybridized carbons (Fsp3) is 0.116. The molecule has 0 fully saturated rings. The second-order valence-corrected chi connectivity index (χ2v) is 26.0. The maximum atomic E-state index is 3.99. The van der Waals surface area contributed by atoms with Crippen molar-refractivity contribution in [2.45, 2.75) is 64.7 Å². The van der Waals surface area contributed by atoms with Crippen LogP contribution in [-0.2, 0) is 16.2 Å². The zero-order chi connectivity index (χ0) is 61.6. The quantitative estimate of drug-likeness (QED) is 0.106. The zero-order valence-electron chi connectivity index (χ0n) is 52.3. The van der Waals surface area contributed by atoms with Crippen molar-refractivity contribution in [3.8, 4) is 17.1 Å². The Bertz CT molecular complexity index is 5030. The van der Waals surface area contributed by atoms with Gasteiger partial charge in [0, 0.05) is 82.7 Å². The van der Waals surface area contributed by atoms with E-state index in [9.17, 15) is 0 Å². The van der Waals surface area contributed by atoms with Gasteiger partial charge in [-0.25, -0.2) is 0 Å². The maximum Gasteiger partial charge on any atom is 0.0541 e. The van der Waals surface area contributed by atoms with Gasteiger partial charge in [0.25, 0.3) is 0 Å². The van der Waals surface area contributed by atoms with E-state index in [1.165, 1.54) is 104 Å². The Balaban J connectivity index is 0.832. The van der Waals surface area contributed by atoms with Crippen molar-refractivity contribution in [2.24, 2.45) is 0 Å². The highest BCUT2D eigenvalue weighted by Gasteiger charge is 2.29. The Kier molecular flexibility index (Phi) is 13.4. The molecule has 4 heteroatoms. The van der Waals surface area contributed by atoms with Gasteiger partial charge in [-0.15, -0.1) is 0 Å². The number of para-hydroxylation sites is 3. The SMILES string of the molecule is C=Cc1ccc(C(C)(C)c2ccc3c(c2)c2ccccc2n3-c2ccc(N(c3ccc(-n4c5ccccc5c5cc(C(C)(C)c6ccc(C)cc6)ccc54)cc3)c3ccc(-n4c5ccccc5c5cc(C(C)(C)c6ccc(C=C)cc6)ccc54)cc3)cc2)cc1. The Labute approximate surface area is 528 Å².